The van der Waals surface area contributed by atoms with Crippen molar-refractivity contribution in [2.45, 2.75) is 4.90 Å². The summed E-state index contributed by atoms with van der Waals surface area (Å²) in [5.41, 5.74) is 1.74. The quantitative estimate of drug-likeness (QED) is 0.777. The molecule has 2 heterocycles. The Hall–Kier alpha value is -2.28. The van der Waals surface area contributed by atoms with Crippen molar-refractivity contribution in [3.05, 3.63) is 30.2 Å². The number of hydrogen-bond donors (Lipinski definition) is 3. The molecule has 3 rings (SSSR count). The Morgan fingerprint density at radius 3 is 3.05 bits per heavy atom. The molecule has 0 radical (unpaired) electrons. The number of nitrogens with one attached hydrogen (secondary N) is 2. The van der Waals surface area contributed by atoms with E-state index in [9.17, 15) is 9.59 Å². The van der Waals surface area contributed by atoms with Gasteiger partial charge in [-0.05, 0) is 12.1 Å². The molecule has 6 nitrogen and oxygen atoms in total. The minimum atomic E-state index is -1.07. The second-order valence-corrected chi connectivity index (χ2v) is 5.00. The number of thioether (sulfide) groups is 1. The van der Waals surface area contributed by atoms with Crippen LogP contribution in [0.15, 0.2) is 29.4 Å². The van der Waals surface area contributed by atoms with E-state index in [1.54, 1.807) is 12.1 Å². The van der Waals surface area contributed by atoms with Crippen LogP contribution in [0.4, 0.5) is 5.69 Å². The molecule has 19 heavy (non-hydrogen) atoms. The minimum absolute atomic E-state index is 0.0368. The first-order valence-corrected chi connectivity index (χ1v) is 6.47. The summed E-state index contributed by atoms with van der Waals surface area (Å²) < 4.78 is 0. The molecule has 1 amide bonds. The number of carbonyl (C=O) groups excluding carboxylic acids is 1. The molecule has 0 saturated carbocycles. The third kappa shape index (κ3) is 2.08. The van der Waals surface area contributed by atoms with Gasteiger partial charge in [-0.25, -0.2) is 9.78 Å². The highest BCUT2D eigenvalue weighted by molar-refractivity contribution is 8.00. The van der Waals surface area contributed by atoms with Crippen molar-refractivity contribution in [1.82, 2.24) is 9.97 Å². The summed E-state index contributed by atoms with van der Waals surface area (Å²) in [7, 11) is 0. The Bertz CT molecular complexity index is 681. The Morgan fingerprint density at radius 2 is 2.26 bits per heavy atom. The van der Waals surface area contributed by atoms with Crippen LogP contribution in [0.5, 0.6) is 0 Å². The first-order valence-electron chi connectivity index (χ1n) is 5.49. The summed E-state index contributed by atoms with van der Waals surface area (Å²) >= 11 is 1.46. The fourth-order valence-corrected chi connectivity index (χ4v) is 2.70. The van der Waals surface area contributed by atoms with Crippen molar-refractivity contribution < 1.29 is 14.7 Å². The lowest BCUT2D eigenvalue weighted by atomic mass is 10.1. The number of aromatic amines is 1. The van der Waals surface area contributed by atoms with Crippen LogP contribution in [0.1, 0.15) is 10.5 Å². The van der Waals surface area contributed by atoms with E-state index in [0.29, 0.717) is 22.7 Å². The zero-order valence-electron chi connectivity index (χ0n) is 9.64. The fraction of sp³-hybridized carbons (Fsp3) is 0.0833. The average molecular weight is 275 g/mol. The van der Waals surface area contributed by atoms with Gasteiger partial charge in [0.15, 0.2) is 5.69 Å². The van der Waals surface area contributed by atoms with Crippen molar-refractivity contribution >= 4 is 29.3 Å². The van der Waals surface area contributed by atoms with Gasteiger partial charge in [0.1, 0.15) is 5.69 Å². The van der Waals surface area contributed by atoms with E-state index < -0.39 is 5.97 Å². The number of imidazole rings is 1. The van der Waals surface area contributed by atoms with Crippen LogP contribution in [0.3, 0.4) is 0 Å². The van der Waals surface area contributed by atoms with E-state index in [4.69, 9.17) is 5.11 Å². The van der Waals surface area contributed by atoms with E-state index in [-0.39, 0.29) is 11.6 Å². The summed E-state index contributed by atoms with van der Waals surface area (Å²) in [6.45, 7) is 0. The Morgan fingerprint density at radius 1 is 1.42 bits per heavy atom. The second kappa shape index (κ2) is 4.43. The van der Waals surface area contributed by atoms with Crippen molar-refractivity contribution in [3.63, 3.8) is 0 Å². The number of hydrogen-bond acceptors (Lipinski definition) is 4. The van der Waals surface area contributed by atoms with Crippen LogP contribution in [0.25, 0.3) is 11.3 Å². The summed E-state index contributed by atoms with van der Waals surface area (Å²) in [4.78, 5) is 30.0. The molecule has 0 saturated heterocycles. The highest BCUT2D eigenvalue weighted by Crippen LogP contribution is 2.34. The predicted molar refractivity (Wildman–Crippen MR) is 70.3 cm³/mol. The zero-order valence-corrected chi connectivity index (χ0v) is 10.5. The lowest BCUT2D eigenvalue weighted by molar-refractivity contribution is -0.113. The van der Waals surface area contributed by atoms with E-state index >= 15 is 0 Å². The maximum absolute atomic E-state index is 11.4. The number of nitrogens with zero attached hydrogens (tertiary/aromatic N) is 1. The lowest BCUT2D eigenvalue weighted by Gasteiger charge is -2.16. The maximum Gasteiger partial charge on any atom is 0.354 e. The number of aromatic carboxylic acids is 1. The Kier molecular flexibility index (Phi) is 2.75. The van der Waals surface area contributed by atoms with E-state index in [2.05, 4.69) is 15.3 Å². The maximum atomic E-state index is 11.4. The molecule has 0 spiro atoms. The van der Waals surface area contributed by atoms with E-state index in [1.807, 2.05) is 6.07 Å². The topological polar surface area (TPSA) is 95.1 Å². The molecule has 3 N–H and O–H groups in total. The molecule has 1 aromatic carbocycles. The van der Waals surface area contributed by atoms with Crippen molar-refractivity contribution in [2.75, 3.05) is 11.1 Å². The summed E-state index contributed by atoms with van der Waals surface area (Å²) in [5.74, 6) is -0.728. The second-order valence-electron chi connectivity index (χ2n) is 3.98. The highest BCUT2D eigenvalue weighted by Gasteiger charge is 2.19. The van der Waals surface area contributed by atoms with Crippen LogP contribution in [-0.4, -0.2) is 32.7 Å². The van der Waals surface area contributed by atoms with Crippen LogP contribution >= 0.6 is 11.8 Å². The number of aromatic nitrogens is 2. The monoisotopic (exact) mass is 275 g/mol. The van der Waals surface area contributed by atoms with Gasteiger partial charge in [-0.15, -0.1) is 11.8 Å². The molecule has 1 aliphatic heterocycles. The summed E-state index contributed by atoms with van der Waals surface area (Å²) in [6.07, 6.45) is 1.34. The van der Waals surface area contributed by atoms with E-state index in [1.165, 1.54) is 18.1 Å². The van der Waals surface area contributed by atoms with Gasteiger partial charge >= 0.3 is 5.97 Å². The van der Waals surface area contributed by atoms with Gasteiger partial charge in [-0.3, -0.25) is 4.79 Å². The molecule has 0 aliphatic carbocycles. The van der Waals surface area contributed by atoms with Gasteiger partial charge in [0.2, 0.25) is 5.91 Å². The molecule has 2 aromatic rings. The first kappa shape index (κ1) is 11.8. The molecule has 7 heteroatoms. The van der Waals surface area contributed by atoms with Crippen molar-refractivity contribution in [1.29, 1.82) is 0 Å². The lowest BCUT2D eigenvalue weighted by Crippen LogP contribution is -2.18. The largest absolute Gasteiger partial charge is 0.477 e. The molecule has 0 bridgehead atoms. The molecule has 96 valence electrons. The van der Waals surface area contributed by atoms with Crippen molar-refractivity contribution in [3.8, 4) is 11.3 Å². The van der Waals surface area contributed by atoms with Gasteiger partial charge in [-0.2, -0.15) is 0 Å². The SMILES string of the molecule is O=C1CSc2ccc(-c3nc[nH]c3C(=O)O)cc2N1. The number of rotatable bonds is 2. The smallest absolute Gasteiger partial charge is 0.354 e. The molecule has 0 fully saturated rings. The molecule has 0 atom stereocenters. The third-order valence-electron chi connectivity index (χ3n) is 2.74. The summed E-state index contributed by atoms with van der Waals surface area (Å²) in [6, 6.07) is 5.39. The zero-order chi connectivity index (χ0) is 13.4. The molecular weight excluding hydrogens is 266 g/mol. The number of carboxylic acid groups (broad SMARTS) is 1. The predicted octanol–water partition coefficient (Wildman–Crippen LogP) is 1.82. The van der Waals surface area contributed by atoms with Gasteiger partial charge < -0.3 is 15.4 Å². The van der Waals surface area contributed by atoms with Gasteiger partial charge in [0.05, 0.1) is 17.8 Å². The molecule has 1 aliphatic rings. The standard InChI is InChI=1S/C12H9N3O3S/c16-9-4-19-8-2-1-6(3-7(8)15-9)10-11(12(17)18)14-5-13-10/h1-3,5H,4H2,(H,13,14)(H,15,16)(H,17,18). The highest BCUT2D eigenvalue weighted by atomic mass is 32.2. The number of H-pyrrole nitrogens is 1. The number of amides is 1. The average Bonchev–Trinajstić information content (AvgIpc) is 2.87. The number of carboxylic acids is 1. The van der Waals surface area contributed by atoms with Crippen molar-refractivity contribution in [2.24, 2.45) is 0 Å². The number of fused-ring (bicyclic) bond motifs is 1. The summed E-state index contributed by atoms with van der Waals surface area (Å²) in [5, 5.41) is 11.8. The number of carbonyl (C=O) groups is 2. The molecule has 0 unspecified atom stereocenters. The first-order chi connectivity index (χ1) is 9.15. The number of benzene rings is 1. The minimum Gasteiger partial charge on any atom is -0.477 e. The Balaban J connectivity index is 2.07. The van der Waals surface area contributed by atoms with E-state index in [0.717, 1.165) is 4.90 Å². The number of anilines is 1. The third-order valence-corrected chi connectivity index (χ3v) is 3.81. The van der Waals surface area contributed by atoms with Crippen LogP contribution < -0.4 is 5.32 Å². The van der Waals surface area contributed by atoms with Crippen LogP contribution in [-0.2, 0) is 4.79 Å². The molecule has 1 aromatic heterocycles. The van der Waals surface area contributed by atoms with Gasteiger partial charge in [-0.1, -0.05) is 6.07 Å². The Labute approximate surface area is 112 Å². The fourth-order valence-electron chi connectivity index (χ4n) is 1.91. The van der Waals surface area contributed by atoms with Gasteiger partial charge in [0, 0.05) is 10.5 Å². The normalized spacial score (nSPS) is 13.8. The van der Waals surface area contributed by atoms with Gasteiger partial charge in [0.25, 0.3) is 0 Å². The van der Waals surface area contributed by atoms with Crippen LogP contribution in [0.2, 0.25) is 0 Å². The molecular formula is C12H9N3O3S. The van der Waals surface area contributed by atoms with Crippen LogP contribution in [0, 0.1) is 0 Å².